The summed E-state index contributed by atoms with van der Waals surface area (Å²) in [6, 6.07) is 5.01. The second-order valence-electron chi connectivity index (χ2n) is 3.06. The maximum absolute atomic E-state index is 11.2. The van der Waals surface area contributed by atoms with Gasteiger partial charge in [0.2, 0.25) is 5.91 Å². The van der Waals surface area contributed by atoms with E-state index in [1.165, 1.54) is 6.92 Å². The molecule has 1 amide bonds. The molecule has 0 aliphatic rings. The van der Waals surface area contributed by atoms with E-state index in [4.69, 9.17) is 11.6 Å². The normalized spacial score (nSPS) is 9.80. The first kappa shape index (κ1) is 12.2. The van der Waals surface area contributed by atoms with E-state index in [0.29, 0.717) is 15.2 Å². The zero-order valence-electron chi connectivity index (χ0n) is 8.01. The van der Waals surface area contributed by atoms with Crippen molar-refractivity contribution in [1.29, 1.82) is 0 Å². The fourth-order valence-corrected chi connectivity index (χ4v) is 1.50. The molecule has 5 heteroatoms. The van der Waals surface area contributed by atoms with Crippen molar-refractivity contribution < 1.29 is 9.59 Å². The zero-order chi connectivity index (χ0) is 11.4. The number of hydrogen-bond donors (Lipinski definition) is 1. The van der Waals surface area contributed by atoms with Gasteiger partial charge in [0.05, 0.1) is 11.4 Å². The Labute approximate surface area is 101 Å². The highest BCUT2D eigenvalue weighted by Crippen LogP contribution is 2.25. The highest BCUT2D eigenvalue weighted by Gasteiger charge is 2.06. The van der Waals surface area contributed by atoms with Crippen molar-refractivity contribution in [3.63, 3.8) is 0 Å². The molecule has 0 radical (unpaired) electrons. The van der Waals surface area contributed by atoms with Crippen LogP contribution in [-0.2, 0) is 9.59 Å². The van der Waals surface area contributed by atoms with Crippen molar-refractivity contribution in [2.45, 2.75) is 13.3 Å². The van der Waals surface area contributed by atoms with Gasteiger partial charge in [0, 0.05) is 10.2 Å². The number of nitrogens with one attached hydrogen (secondary N) is 1. The number of halogens is 2. The molecule has 0 saturated heterocycles. The summed E-state index contributed by atoms with van der Waals surface area (Å²) in [5, 5.41) is 3.16. The predicted molar refractivity (Wildman–Crippen MR) is 63.1 cm³/mol. The van der Waals surface area contributed by atoms with Gasteiger partial charge < -0.3 is 5.32 Å². The SMILES string of the molecule is CC(=O)CC(=O)Nc1ccc(Cl)c(Br)c1. The van der Waals surface area contributed by atoms with Gasteiger partial charge >= 0.3 is 0 Å². The Morgan fingerprint density at radius 1 is 1.47 bits per heavy atom. The summed E-state index contributed by atoms with van der Waals surface area (Å²) in [4.78, 5) is 21.9. The minimum Gasteiger partial charge on any atom is -0.326 e. The molecule has 0 spiro atoms. The third kappa shape index (κ3) is 4.01. The average molecular weight is 291 g/mol. The molecule has 1 rings (SSSR count). The van der Waals surface area contributed by atoms with Gasteiger partial charge in [0.15, 0.2) is 0 Å². The van der Waals surface area contributed by atoms with Gasteiger partial charge in [-0.2, -0.15) is 0 Å². The third-order valence-electron chi connectivity index (χ3n) is 1.61. The lowest BCUT2D eigenvalue weighted by atomic mass is 10.2. The van der Waals surface area contributed by atoms with Crippen LogP contribution in [0.1, 0.15) is 13.3 Å². The summed E-state index contributed by atoms with van der Waals surface area (Å²) >= 11 is 9.02. The number of rotatable bonds is 3. The van der Waals surface area contributed by atoms with Gasteiger partial charge in [0.1, 0.15) is 5.78 Å². The van der Waals surface area contributed by atoms with E-state index >= 15 is 0 Å². The first-order valence-electron chi connectivity index (χ1n) is 4.23. The summed E-state index contributed by atoms with van der Waals surface area (Å²) in [5.74, 6) is -0.489. The first-order valence-corrected chi connectivity index (χ1v) is 5.40. The fourth-order valence-electron chi connectivity index (χ4n) is 1.01. The maximum Gasteiger partial charge on any atom is 0.231 e. The Balaban J connectivity index is 2.69. The van der Waals surface area contributed by atoms with Gasteiger partial charge in [-0.25, -0.2) is 0 Å². The Bertz CT molecular complexity index is 406. The van der Waals surface area contributed by atoms with Gasteiger partial charge in [-0.15, -0.1) is 0 Å². The molecule has 0 bridgehead atoms. The molecule has 1 aromatic carbocycles. The number of ketones is 1. The van der Waals surface area contributed by atoms with E-state index in [9.17, 15) is 9.59 Å². The second kappa shape index (κ2) is 5.28. The monoisotopic (exact) mass is 289 g/mol. The molecule has 0 aliphatic carbocycles. The van der Waals surface area contributed by atoms with Crippen molar-refractivity contribution >= 4 is 44.9 Å². The second-order valence-corrected chi connectivity index (χ2v) is 4.32. The lowest BCUT2D eigenvalue weighted by molar-refractivity contribution is -0.124. The summed E-state index contributed by atoms with van der Waals surface area (Å²) < 4.78 is 0.699. The van der Waals surface area contributed by atoms with Crippen molar-refractivity contribution in [1.82, 2.24) is 0 Å². The van der Waals surface area contributed by atoms with Crippen LogP contribution in [-0.4, -0.2) is 11.7 Å². The number of hydrogen-bond acceptors (Lipinski definition) is 2. The largest absolute Gasteiger partial charge is 0.326 e. The molecule has 0 aromatic heterocycles. The number of Topliss-reactive ketones (excluding diaryl/α,β-unsaturated/α-hetero) is 1. The average Bonchev–Trinajstić information content (AvgIpc) is 2.10. The van der Waals surface area contributed by atoms with Gasteiger partial charge in [-0.05, 0) is 41.1 Å². The number of benzene rings is 1. The van der Waals surface area contributed by atoms with Gasteiger partial charge in [-0.3, -0.25) is 9.59 Å². The van der Waals surface area contributed by atoms with Crippen molar-refractivity contribution in [2.75, 3.05) is 5.32 Å². The van der Waals surface area contributed by atoms with Crippen molar-refractivity contribution in [3.8, 4) is 0 Å². The van der Waals surface area contributed by atoms with E-state index in [-0.39, 0.29) is 18.1 Å². The Morgan fingerprint density at radius 2 is 2.13 bits per heavy atom. The van der Waals surface area contributed by atoms with Crippen LogP contribution in [0.5, 0.6) is 0 Å². The quantitative estimate of drug-likeness (QED) is 0.870. The van der Waals surface area contributed by atoms with E-state index in [1.54, 1.807) is 18.2 Å². The summed E-state index contributed by atoms with van der Waals surface area (Å²) in [7, 11) is 0. The molecule has 80 valence electrons. The smallest absolute Gasteiger partial charge is 0.231 e. The molecule has 3 nitrogen and oxygen atoms in total. The molecule has 0 saturated carbocycles. The van der Waals surface area contributed by atoms with Crippen LogP contribution in [0.4, 0.5) is 5.69 Å². The number of carbonyl (C=O) groups excluding carboxylic acids is 2. The van der Waals surface area contributed by atoms with E-state index in [0.717, 1.165) is 0 Å². The van der Waals surface area contributed by atoms with Crippen molar-refractivity contribution in [2.24, 2.45) is 0 Å². The molecule has 1 N–H and O–H groups in total. The third-order valence-corrected chi connectivity index (χ3v) is 2.83. The summed E-state index contributed by atoms with van der Waals surface area (Å²) in [6.45, 7) is 1.37. The van der Waals surface area contributed by atoms with E-state index < -0.39 is 0 Å². The standard InChI is InChI=1S/C10H9BrClNO2/c1-6(14)4-10(15)13-7-2-3-9(12)8(11)5-7/h2-3,5H,4H2,1H3,(H,13,15). The van der Waals surface area contributed by atoms with Crippen LogP contribution >= 0.6 is 27.5 Å². The number of carbonyl (C=O) groups is 2. The minimum atomic E-state index is -0.322. The molecular weight excluding hydrogens is 281 g/mol. The molecule has 15 heavy (non-hydrogen) atoms. The number of amides is 1. The van der Waals surface area contributed by atoms with Crippen LogP contribution in [0.25, 0.3) is 0 Å². The molecule has 1 aromatic rings. The van der Waals surface area contributed by atoms with Crippen LogP contribution < -0.4 is 5.32 Å². The molecule has 0 aliphatic heterocycles. The lowest BCUT2D eigenvalue weighted by Crippen LogP contribution is -2.14. The lowest BCUT2D eigenvalue weighted by Gasteiger charge is -2.04. The Hall–Kier alpha value is -0.870. The molecule has 0 unspecified atom stereocenters. The van der Waals surface area contributed by atoms with Gasteiger partial charge in [-0.1, -0.05) is 11.6 Å². The summed E-state index contributed by atoms with van der Waals surface area (Å²) in [6.07, 6.45) is -0.111. The highest BCUT2D eigenvalue weighted by molar-refractivity contribution is 9.10. The minimum absolute atomic E-state index is 0.111. The molecule has 0 atom stereocenters. The fraction of sp³-hybridized carbons (Fsp3) is 0.200. The van der Waals surface area contributed by atoms with Crippen molar-refractivity contribution in [3.05, 3.63) is 27.7 Å². The topological polar surface area (TPSA) is 46.2 Å². The maximum atomic E-state index is 11.2. The molecule has 0 fully saturated rings. The Morgan fingerprint density at radius 3 is 2.67 bits per heavy atom. The van der Waals surface area contributed by atoms with Crippen LogP contribution in [0, 0.1) is 0 Å². The molecule has 0 heterocycles. The summed E-state index contributed by atoms with van der Waals surface area (Å²) in [5.41, 5.74) is 0.609. The van der Waals surface area contributed by atoms with Crippen LogP contribution in [0.2, 0.25) is 5.02 Å². The van der Waals surface area contributed by atoms with E-state index in [1.807, 2.05) is 0 Å². The van der Waals surface area contributed by atoms with Crippen LogP contribution in [0.3, 0.4) is 0 Å². The van der Waals surface area contributed by atoms with Gasteiger partial charge in [0.25, 0.3) is 0 Å². The predicted octanol–water partition coefficient (Wildman–Crippen LogP) is 3.02. The van der Waals surface area contributed by atoms with E-state index in [2.05, 4.69) is 21.2 Å². The molecular formula is C10H9BrClNO2. The zero-order valence-corrected chi connectivity index (χ0v) is 10.4. The highest BCUT2D eigenvalue weighted by atomic mass is 79.9. The van der Waals surface area contributed by atoms with Crippen LogP contribution in [0.15, 0.2) is 22.7 Å². The first-order chi connectivity index (χ1) is 6.99. The number of anilines is 1. The Kier molecular flexibility index (Phi) is 4.29.